The van der Waals surface area contributed by atoms with Gasteiger partial charge >= 0.3 is 6.09 Å². The van der Waals surface area contributed by atoms with Gasteiger partial charge in [-0.15, -0.1) is 0 Å². The largest absolute Gasteiger partial charge is 0.444 e. The zero-order chi connectivity index (χ0) is 13.2. The molecule has 3 nitrogen and oxygen atoms in total. The molecule has 1 fully saturated rings. The molecule has 1 aliphatic rings. The lowest BCUT2D eigenvalue weighted by molar-refractivity contribution is 0.0496. The van der Waals surface area contributed by atoms with E-state index in [4.69, 9.17) is 4.74 Å². The number of rotatable bonds is 3. The van der Waals surface area contributed by atoms with Gasteiger partial charge in [0.2, 0.25) is 0 Å². The molecule has 0 unspecified atom stereocenters. The standard InChI is InChI=1S/C15H21NO2/c1-14(2,3)18-13(17)16-15(9-10-15)11-12-7-5-4-6-8-12/h4-8H,9-11H2,1-3H3,(H,16,17). The fraction of sp³-hybridized carbons (Fsp3) is 0.533. The Morgan fingerprint density at radius 1 is 1.28 bits per heavy atom. The van der Waals surface area contributed by atoms with Gasteiger partial charge in [-0.05, 0) is 45.6 Å². The van der Waals surface area contributed by atoms with Gasteiger partial charge in [0, 0.05) is 5.54 Å². The summed E-state index contributed by atoms with van der Waals surface area (Å²) in [4.78, 5) is 11.8. The van der Waals surface area contributed by atoms with Gasteiger partial charge in [-0.25, -0.2) is 4.79 Å². The van der Waals surface area contributed by atoms with E-state index in [1.54, 1.807) is 0 Å². The maximum atomic E-state index is 11.8. The molecule has 0 saturated heterocycles. The summed E-state index contributed by atoms with van der Waals surface area (Å²) in [6.45, 7) is 5.63. The number of carbonyl (C=O) groups excluding carboxylic acids is 1. The van der Waals surface area contributed by atoms with E-state index >= 15 is 0 Å². The monoisotopic (exact) mass is 247 g/mol. The van der Waals surface area contributed by atoms with Crippen LogP contribution in [-0.4, -0.2) is 17.2 Å². The maximum Gasteiger partial charge on any atom is 0.408 e. The molecule has 0 radical (unpaired) electrons. The molecular formula is C15H21NO2. The predicted octanol–water partition coefficient (Wildman–Crippen LogP) is 3.29. The second-order valence-corrected chi connectivity index (χ2v) is 6.07. The second kappa shape index (κ2) is 4.63. The number of benzene rings is 1. The molecule has 1 saturated carbocycles. The highest BCUT2D eigenvalue weighted by atomic mass is 16.6. The highest BCUT2D eigenvalue weighted by Gasteiger charge is 2.44. The van der Waals surface area contributed by atoms with Crippen molar-refractivity contribution in [2.45, 2.75) is 51.2 Å². The number of amides is 1. The molecule has 0 spiro atoms. The average Bonchev–Trinajstić information content (AvgIpc) is 2.95. The van der Waals surface area contributed by atoms with Gasteiger partial charge in [-0.2, -0.15) is 0 Å². The SMILES string of the molecule is CC(C)(C)OC(=O)NC1(Cc2ccccc2)CC1. The van der Waals surface area contributed by atoms with Crippen molar-refractivity contribution in [3.05, 3.63) is 35.9 Å². The van der Waals surface area contributed by atoms with E-state index in [-0.39, 0.29) is 11.6 Å². The maximum absolute atomic E-state index is 11.8. The van der Waals surface area contributed by atoms with Crippen LogP contribution < -0.4 is 5.32 Å². The highest BCUT2D eigenvalue weighted by molar-refractivity contribution is 5.69. The number of nitrogens with one attached hydrogen (secondary N) is 1. The number of carbonyl (C=O) groups is 1. The highest BCUT2D eigenvalue weighted by Crippen LogP contribution is 2.38. The number of alkyl carbamates (subject to hydrolysis) is 1. The zero-order valence-electron chi connectivity index (χ0n) is 11.3. The van der Waals surface area contributed by atoms with Gasteiger partial charge in [-0.1, -0.05) is 30.3 Å². The van der Waals surface area contributed by atoms with Crippen molar-refractivity contribution < 1.29 is 9.53 Å². The lowest BCUT2D eigenvalue weighted by Crippen LogP contribution is -2.41. The van der Waals surface area contributed by atoms with E-state index in [2.05, 4.69) is 17.4 Å². The fourth-order valence-electron chi connectivity index (χ4n) is 2.00. The Balaban J connectivity index is 1.91. The minimum absolute atomic E-state index is 0.0797. The number of hydrogen-bond acceptors (Lipinski definition) is 2. The first kappa shape index (κ1) is 12.9. The van der Waals surface area contributed by atoms with Crippen LogP contribution in [0.5, 0.6) is 0 Å². The van der Waals surface area contributed by atoms with E-state index < -0.39 is 5.60 Å². The van der Waals surface area contributed by atoms with Crippen LogP contribution in [-0.2, 0) is 11.2 Å². The van der Waals surface area contributed by atoms with E-state index in [0.29, 0.717) is 0 Å². The summed E-state index contributed by atoms with van der Waals surface area (Å²) < 4.78 is 5.30. The van der Waals surface area contributed by atoms with Gasteiger partial charge < -0.3 is 10.1 Å². The number of hydrogen-bond donors (Lipinski definition) is 1. The third-order valence-corrected chi connectivity index (χ3v) is 3.01. The molecule has 0 aromatic heterocycles. The van der Waals surface area contributed by atoms with Crippen molar-refractivity contribution in [1.29, 1.82) is 0 Å². The van der Waals surface area contributed by atoms with Crippen LogP contribution in [0, 0.1) is 0 Å². The van der Waals surface area contributed by atoms with Crippen molar-refractivity contribution in [1.82, 2.24) is 5.32 Å². The Morgan fingerprint density at radius 3 is 2.39 bits per heavy atom. The minimum atomic E-state index is -0.438. The van der Waals surface area contributed by atoms with E-state index in [0.717, 1.165) is 19.3 Å². The summed E-state index contributed by atoms with van der Waals surface area (Å²) in [6, 6.07) is 10.2. The lowest BCUT2D eigenvalue weighted by atomic mass is 10.0. The molecule has 0 bridgehead atoms. The van der Waals surface area contributed by atoms with E-state index in [1.807, 2.05) is 39.0 Å². The first-order valence-corrected chi connectivity index (χ1v) is 6.44. The Kier molecular flexibility index (Phi) is 3.33. The smallest absolute Gasteiger partial charge is 0.408 e. The molecule has 0 aliphatic heterocycles. The topological polar surface area (TPSA) is 38.3 Å². The molecule has 3 heteroatoms. The first-order valence-electron chi connectivity index (χ1n) is 6.44. The molecular weight excluding hydrogens is 226 g/mol. The Hall–Kier alpha value is -1.51. The molecule has 1 N–H and O–H groups in total. The van der Waals surface area contributed by atoms with Crippen molar-refractivity contribution in [2.24, 2.45) is 0 Å². The third-order valence-electron chi connectivity index (χ3n) is 3.01. The fourth-order valence-corrected chi connectivity index (χ4v) is 2.00. The normalized spacial score (nSPS) is 17.1. The summed E-state index contributed by atoms with van der Waals surface area (Å²) in [7, 11) is 0. The Morgan fingerprint density at radius 2 is 1.89 bits per heavy atom. The molecule has 1 amide bonds. The summed E-state index contributed by atoms with van der Waals surface area (Å²) in [5.41, 5.74) is 0.738. The summed E-state index contributed by atoms with van der Waals surface area (Å²) in [6.07, 6.45) is 2.63. The van der Waals surface area contributed by atoms with Crippen LogP contribution in [0.2, 0.25) is 0 Å². The van der Waals surface area contributed by atoms with Crippen LogP contribution in [0.3, 0.4) is 0 Å². The summed E-state index contributed by atoms with van der Waals surface area (Å²) in [5.74, 6) is 0. The first-order chi connectivity index (χ1) is 8.39. The zero-order valence-corrected chi connectivity index (χ0v) is 11.3. The molecule has 18 heavy (non-hydrogen) atoms. The van der Waals surface area contributed by atoms with Crippen LogP contribution in [0.4, 0.5) is 4.79 Å². The van der Waals surface area contributed by atoms with E-state index in [1.165, 1.54) is 5.56 Å². The van der Waals surface area contributed by atoms with Crippen LogP contribution in [0.25, 0.3) is 0 Å². The number of ether oxygens (including phenoxy) is 1. The molecule has 1 aromatic carbocycles. The van der Waals surface area contributed by atoms with Gasteiger partial charge in [-0.3, -0.25) is 0 Å². The average molecular weight is 247 g/mol. The molecule has 0 heterocycles. The third kappa shape index (κ3) is 3.76. The predicted molar refractivity (Wildman–Crippen MR) is 71.5 cm³/mol. The summed E-state index contributed by atoms with van der Waals surface area (Å²) in [5, 5.41) is 3.01. The quantitative estimate of drug-likeness (QED) is 0.890. The van der Waals surface area contributed by atoms with E-state index in [9.17, 15) is 4.79 Å². The Bertz CT molecular complexity index is 416. The van der Waals surface area contributed by atoms with Crippen molar-refractivity contribution in [3.63, 3.8) is 0 Å². The lowest BCUT2D eigenvalue weighted by Gasteiger charge is -2.23. The minimum Gasteiger partial charge on any atom is -0.444 e. The van der Waals surface area contributed by atoms with Crippen molar-refractivity contribution >= 4 is 6.09 Å². The van der Waals surface area contributed by atoms with Crippen LogP contribution in [0.15, 0.2) is 30.3 Å². The van der Waals surface area contributed by atoms with Crippen molar-refractivity contribution in [3.8, 4) is 0 Å². The van der Waals surface area contributed by atoms with Crippen molar-refractivity contribution in [2.75, 3.05) is 0 Å². The molecule has 2 rings (SSSR count). The molecule has 0 atom stereocenters. The summed E-state index contributed by atoms with van der Waals surface area (Å²) >= 11 is 0. The molecule has 1 aromatic rings. The second-order valence-electron chi connectivity index (χ2n) is 6.07. The van der Waals surface area contributed by atoms with Crippen LogP contribution >= 0.6 is 0 Å². The van der Waals surface area contributed by atoms with Gasteiger partial charge in [0.1, 0.15) is 5.60 Å². The van der Waals surface area contributed by atoms with Gasteiger partial charge in [0.05, 0.1) is 0 Å². The molecule has 1 aliphatic carbocycles. The molecule has 98 valence electrons. The van der Waals surface area contributed by atoms with Gasteiger partial charge in [0.15, 0.2) is 0 Å². The Labute approximate surface area is 109 Å². The van der Waals surface area contributed by atoms with Crippen LogP contribution in [0.1, 0.15) is 39.2 Å². The van der Waals surface area contributed by atoms with Gasteiger partial charge in [0.25, 0.3) is 0 Å².